The highest BCUT2D eigenvalue weighted by Gasteiger charge is 2.61. The lowest BCUT2D eigenvalue weighted by atomic mass is 9.85. The van der Waals surface area contributed by atoms with Crippen LogP contribution in [-0.2, 0) is 14.2 Å². The molecular formula is C25H30O10. The van der Waals surface area contributed by atoms with Crippen LogP contribution in [0.15, 0.2) is 30.3 Å². The van der Waals surface area contributed by atoms with Crippen molar-refractivity contribution >= 4 is 0 Å². The van der Waals surface area contributed by atoms with Crippen molar-refractivity contribution in [3.8, 4) is 34.5 Å². The predicted octanol–water partition coefficient (Wildman–Crippen LogP) is 2.35. The van der Waals surface area contributed by atoms with E-state index in [2.05, 4.69) is 0 Å². The smallest absolute Gasteiger partial charge is 0.232 e. The lowest BCUT2D eigenvalue weighted by Crippen LogP contribution is -2.47. The summed E-state index contributed by atoms with van der Waals surface area (Å²) in [5.41, 5.74) is -0.680. The van der Waals surface area contributed by atoms with Crippen LogP contribution in [0.1, 0.15) is 11.7 Å². The quantitative estimate of drug-likeness (QED) is 0.593. The Bertz CT molecular complexity index is 1040. The number of methoxy groups -OCH3 is 4. The Morgan fingerprint density at radius 3 is 2.37 bits per heavy atom. The van der Waals surface area contributed by atoms with E-state index in [1.54, 1.807) is 38.5 Å². The van der Waals surface area contributed by atoms with Gasteiger partial charge in [-0.1, -0.05) is 6.07 Å². The highest BCUT2D eigenvalue weighted by Crippen LogP contribution is 2.52. The molecule has 5 atom stereocenters. The zero-order chi connectivity index (χ0) is 24.6. The molecule has 0 amide bonds. The Balaban J connectivity index is 1.42. The second-order valence-corrected chi connectivity index (χ2v) is 8.65. The van der Waals surface area contributed by atoms with E-state index in [1.165, 1.54) is 14.2 Å². The molecule has 0 bridgehead atoms. The molecular weight excluding hydrogens is 460 g/mol. The fourth-order valence-electron chi connectivity index (χ4n) is 4.83. The monoisotopic (exact) mass is 490 g/mol. The largest absolute Gasteiger partial charge is 0.496 e. The van der Waals surface area contributed by atoms with Gasteiger partial charge in [0.15, 0.2) is 34.7 Å². The molecule has 3 aliphatic rings. The van der Waals surface area contributed by atoms with E-state index in [9.17, 15) is 5.11 Å². The lowest BCUT2D eigenvalue weighted by Gasteiger charge is -2.29. The zero-order valence-electron chi connectivity index (χ0n) is 20.1. The molecule has 1 N–H and O–H groups in total. The van der Waals surface area contributed by atoms with E-state index in [0.29, 0.717) is 47.7 Å². The van der Waals surface area contributed by atoms with Gasteiger partial charge in [-0.3, -0.25) is 0 Å². The first kappa shape index (κ1) is 23.8. The first-order chi connectivity index (χ1) is 17.0. The van der Waals surface area contributed by atoms with E-state index in [1.807, 2.05) is 6.07 Å². The molecule has 10 heteroatoms. The Morgan fingerprint density at radius 2 is 1.69 bits per heavy atom. The molecule has 2 fully saturated rings. The van der Waals surface area contributed by atoms with Gasteiger partial charge in [0.2, 0.25) is 12.0 Å². The van der Waals surface area contributed by atoms with Gasteiger partial charge in [-0.2, -0.15) is 0 Å². The second-order valence-electron chi connectivity index (χ2n) is 8.65. The fraction of sp³-hybridized carbons (Fsp3) is 0.520. The minimum absolute atomic E-state index is 0.00829. The van der Waals surface area contributed by atoms with E-state index >= 15 is 0 Å². The lowest BCUT2D eigenvalue weighted by molar-refractivity contribution is -0.153. The molecule has 0 radical (unpaired) electrons. The first-order valence-corrected chi connectivity index (χ1v) is 11.4. The third kappa shape index (κ3) is 4.10. The molecule has 5 rings (SSSR count). The summed E-state index contributed by atoms with van der Waals surface area (Å²) >= 11 is 0. The Hall–Kier alpha value is -2.92. The summed E-state index contributed by atoms with van der Waals surface area (Å²) in [4.78, 5) is 0. The number of para-hydroxylation sites is 1. The van der Waals surface area contributed by atoms with Crippen LogP contribution in [0, 0.1) is 5.92 Å². The van der Waals surface area contributed by atoms with Crippen molar-refractivity contribution in [2.45, 2.75) is 24.1 Å². The van der Waals surface area contributed by atoms with Gasteiger partial charge in [-0.25, -0.2) is 0 Å². The van der Waals surface area contributed by atoms with Gasteiger partial charge >= 0.3 is 0 Å². The number of ether oxygens (including phenoxy) is 9. The first-order valence-electron chi connectivity index (χ1n) is 11.4. The van der Waals surface area contributed by atoms with E-state index in [0.717, 1.165) is 5.56 Å². The molecule has 0 unspecified atom stereocenters. The molecule has 0 aliphatic carbocycles. The normalized spacial score (nSPS) is 28.9. The molecule has 190 valence electrons. The topological polar surface area (TPSA) is 103 Å². The number of hydrogen-bond acceptors (Lipinski definition) is 10. The van der Waals surface area contributed by atoms with Crippen LogP contribution < -0.4 is 28.4 Å². The van der Waals surface area contributed by atoms with Gasteiger partial charge in [0, 0.05) is 18.7 Å². The van der Waals surface area contributed by atoms with Crippen molar-refractivity contribution in [2.24, 2.45) is 5.92 Å². The Morgan fingerprint density at radius 1 is 0.943 bits per heavy atom. The molecule has 35 heavy (non-hydrogen) atoms. The summed E-state index contributed by atoms with van der Waals surface area (Å²) in [5.74, 6) is 2.59. The highest BCUT2D eigenvalue weighted by atomic mass is 16.7. The molecule has 10 nitrogen and oxygen atoms in total. The number of rotatable bonds is 8. The molecule has 2 aromatic carbocycles. The average Bonchev–Trinajstić information content (AvgIpc) is 3.38. The fourth-order valence-corrected chi connectivity index (χ4v) is 4.83. The van der Waals surface area contributed by atoms with Crippen molar-refractivity contribution in [1.82, 2.24) is 0 Å². The summed E-state index contributed by atoms with van der Waals surface area (Å²) in [7, 11) is 6.27. The van der Waals surface area contributed by atoms with Gasteiger partial charge in [0.25, 0.3) is 0 Å². The molecule has 0 aromatic heterocycles. The molecule has 3 aliphatic heterocycles. The van der Waals surface area contributed by atoms with Crippen LogP contribution >= 0.6 is 0 Å². The number of fused-ring (bicyclic) bond motifs is 2. The third-order valence-corrected chi connectivity index (χ3v) is 6.62. The van der Waals surface area contributed by atoms with Gasteiger partial charge in [0.1, 0.15) is 12.4 Å². The minimum Gasteiger partial charge on any atom is -0.496 e. The van der Waals surface area contributed by atoms with Crippen LogP contribution in [0.5, 0.6) is 34.5 Å². The standard InChI is InChI=1S/C25H30O10/c1-27-10-14-11-31-20-9-19(30-4)15(8-21(20)34-14)22-16-12-32-24(25(16,26)13-33-22)35-23-17(28-2)6-5-7-18(23)29-3/h5-9,14,16,22,24,26H,10-13H2,1-4H3/t14-,16-,22-,24-,25-/m0/s1. The second kappa shape index (κ2) is 9.62. The van der Waals surface area contributed by atoms with Crippen LogP contribution in [0.2, 0.25) is 0 Å². The zero-order valence-corrected chi connectivity index (χ0v) is 20.1. The Labute approximate surface area is 203 Å². The van der Waals surface area contributed by atoms with Crippen LogP contribution in [0.3, 0.4) is 0 Å². The van der Waals surface area contributed by atoms with Gasteiger partial charge in [-0.15, -0.1) is 0 Å². The molecule has 2 aromatic rings. The van der Waals surface area contributed by atoms with Crippen molar-refractivity contribution < 1.29 is 47.7 Å². The number of aliphatic hydroxyl groups is 1. The van der Waals surface area contributed by atoms with Crippen molar-refractivity contribution in [2.75, 3.05) is 54.9 Å². The maximum Gasteiger partial charge on any atom is 0.232 e. The van der Waals surface area contributed by atoms with Gasteiger partial charge in [0.05, 0.1) is 53.2 Å². The highest BCUT2D eigenvalue weighted by molar-refractivity contribution is 5.53. The summed E-state index contributed by atoms with van der Waals surface area (Å²) in [6.07, 6.45) is -1.73. The number of benzene rings is 2. The van der Waals surface area contributed by atoms with E-state index in [4.69, 9.17) is 42.6 Å². The van der Waals surface area contributed by atoms with Crippen molar-refractivity contribution in [3.63, 3.8) is 0 Å². The third-order valence-electron chi connectivity index (χ3n) is 6.62. The maximum atomic E-state index is 11.7. The molecule has 0 saturated carbocycles. The predicted molar refractivity (Wildman–Crippen MR) is 122 cm³/mol. The summed E-state index contributed by atoms with van der Waals surface area (Å²) < 4.78 is 51.7. The maximum absolute atomic E-state index is 11.7. The molecule has 2 saturated heterocycles. The van der Waals surface area contributed by atoms with Gasteiger partial charge in [-0.05, 0) is 18.2 Å². The summed E-state index contributed by atoms with van der Waals surface area (Å²) in [6.45, 7) is 1.01. The van der Waals surface area contributed by atoms with E-state index < -0.39 is 23.9 Å². The van der Waals surface area contributed by atoms with Crippen LogP contribution in [0.25, 0.3) is 0 Å². The summed E-state index contributed by atoms with van der Waals surface area (Å²) in [5, 5.41) is 11.7. The van der Waals surface area contributed by atoms with E-state index in [-0.39, 0.29) is 19.3 Å². The van der Waals surface area contributed by atoms with Crippen LogP contribution in [0.4, 0.5) is 0 Å². The van der Waals surface area contributed by atoms with Gasteiger partial charge < -0.3 is 47.7 Å². The molecule has 0 spiro atoms. The van der Waals surface area contributed by atoms with Crippen molar-refractivity contribution in [1.29, 1.82) is 0 Å². The van der Waals surface area contributed by atoms with Crippen molar-refractivity contribution in [3.05, 3.63) is 35.9 Å². The van der Waals surface area contributed by atoms with Crippen LogP contribution in [-0.4, -0.2) is 78.0 Å². The average molecular weight is 491 g/mol. The number of hydrogen-bond donors (Lipinski definition) is 1. The summed E-state index contributed by atoms with van der Waals surface area (Å²) in [6, 6.07) is 8.90. The molecule has 3 heterocycles. The Kier molecular flexibility index (Phi) is 6.54. The SMILES string of the molecule is COC[C@H]1COc2cc(OC)c([C@@H]3OC[C@@]4(O)[C@H](Oc5c(OC)cccc5OC)OC[C@@H]34)cc2O1. The minimum atomic E-state index is -1.41.